The van der Waals surface area contributed by atoms with Gasteiger partial charge in [-0.1, -0.05) is 13.8 Å². The number of amides is 1. The standard InChI is InChI=1S/C12H17BrN2O/c1-3-8(4-2)12(16)15-9-5-6-10(13)11(14)7-9/h5-8H,3-4,14H2,1-2H3,(H,15,16). The molecule has 0 saturated carbocycles. The van der Waals surface area contributed by atoms with Gasteiger partial charge in [0.15, 0.2) is 0 Å². The topological polar surface area (TPSA) is 55.1 Å². The number of carbonyl (C=O) groups excluding carboxylic acids is 1. The first-order chi connectivity index (χ1) is 7.58. The van der Waals surface area contributed by atoms with Crippen molar-refractivity contribution in [2.45, 2.75) is 26.7 Å². The predicted octanol–water partition coefficient (Wildman–Crippen LogP) is 3.41. The third kappa shape index (κ3) is 3.23. The van der Waals surface area contributed by atoms with Crippen molar-refractivity contribution >= 4 is 33.2 Å². The van der Waals surface area contributed by atoms with E-state index in [1.807, 2.05) is 26.0 Å². The lowest BCUT2D eigenvalue weighted by atomic mass is 10.0. The number of rotatable bonds is 4. The van der Waals surface area contributed by atoms with E-state index in [1.54, 1.807) is 6.07 Å². The summed E-state index contributed by atoms with van der Waals surface area (Å²) >= 11 is 3.31. The maximum absolute atomic E-state index is 11.8. The smallest absolute Gasteiger partial charge is 0.227 e. The molecule has 1 amide bonds. The zero-order valence-corrected chi connectivity index (χ0v) is 11.2. The summed E-state index contributed by atoms with van der Waals surface area (Å²) in [4.78, 5) is 11.8. The Hall–Kier alpha value is -1.03. The average molecular weight is 285 g/mol. The van der Waals surface area contributed by atoms with Gasteiger partial charge in [0.2, 0.25) is 5.91 Å². The summed E-state index contributed by atoms with van der Waals surface area (Å²) in [5.74, 6) is 0.136. The molecule has 0 unspecified atom stereocenters. The molecule has 0 atom stereocenters. The summed E-state index contributed by atoms with van der Waals surface area (Å²) in [6.45, 7) is 4.04. The number of halogens is 1. The molecule has 88 valence electrons. The fraction of sp³-hybridized carbons (Fsp3) is 0.417. The second kappa shape index (κ2) is 5.89. The third-order valence-corrected chi connectivity index (χ3v) is 3.34. The predicted molar refractivity (Wildman–Crippen MR) is 71.3 cm³/mol. The van der Waals surface area contributed by atoms with Crippen molar-refractivity contribution in [3.8, 4) is 0 Å². The van der Waals surface area contributed by atoms with Crippen molar-refractivity contribution in [3.05, 3.63) is 22.7 Å². The van der Waals surface area contributed by atoms with E-state index in [-0.39, 0.29) is 11.8 Å². The normalized spacial score (nSPS) is 10.5. The maximum Gasteiger partial charge on any atom is 0.227 e. The summed E-state index contributed by atoms with van der Waals surface area (Å²) in [6.07, 6.45) is 1.71. The molecule has 0 bridgehead atoms. The molecule has 0 spiro atoms. The molecule has 1 aromatic carbocycles. The van der Waals surface area contributed by atoms with Crippen LogP contribution in [-0.2, 0) is 4.79 Å². The number of carbonyl (C=O) groups is 1. The van der Waals surface area contributed by atoms with E-state index in [4.69, 9.17) is 5.73 Å². The van der Waals surface area contributed by atoms with Crippen LogP contribution in [0.3, 0.4) is 0 Å². The summed E-state index contributed by atoms with van der Waals surface area (Å²) in [5, 5.41) is 2.87. The molecule has 1 rings (SSSR count). The van der Waals surface area contributed by atoms with Crippen LogP contribution in [0.2, 0.25) is 0 Å². The van der Waals surface area contributed by atoms with Gasteiger partial charge in [0.1, 0.15) is 0 Å². The van der Waals surface area contributed by atoms with E-state index in [0.29, 0.717) is 5.69 Å². The number of nitrogen functional groups attached to an aromatic ring is 1. The van der Waals surface area contributed by atoms with Crippen LogP contribution in [0, 0.1) is 5.92 Å². The van der Waals surface area contributed by atoms with Crippen LogP contribution < -0.4 is 11.1 Å². The molecule has 3 nitrogen and oxygen atoms in total. The molecular weight excluding hydrogens is 268 g/mol. The number of benzene rings is 1. The zero-order valence-electron chi connectivity index (χ0n) is 9.59. The van der Waals surface area contributed by atoms with E-state index in [9.17, 15) is 4.79 Å². The monoisotopic (exact) mass is 284 g/mol. The molecule has 3 N–H and O–H groups in total. The molecular formula is C12H17BrN2O. The Labute approximate surface area is 105 Å². The van der Waals surface area contributed by atoms with Gasteiger partial charge in [-0.3, -0.25) is 4.79 Å². The van der Waals surface area contributed by atoms with Crippen molar-refractivity contribution in [1.29, 1.82) is 0 Å². The second-order valence-electron chi connectivity index (χ2n) is 3.74. The Balaban J connectivity index is 2.73. The van der Waals surface area contributed by atoms with E-state index in [1.165, 1.54) is 0 Å². The first-order valence-corrected chi connectivity index (χ1v) is 6.23. The lowest BCUT2D eigenvalue weighted by Crippen LogP contribution is -2.21. The fourth-order valence-corrected chi connectivity index (χ4v) is 1.77. The first-order valence-electron chi connectivity index (χ1n) is 5.44. The minimum Gasteiger partial charge on any atom is -0.398 e. The van der Waals surface area contributed by atoms with Crippen LogP contribution in [0.1, 0.15) is 26.7 Å². The van der Waals surface area contributed by atoms with E-state index in [0.717, 1.165) is 23.0 Å². The van der Waals surface area contributed by atoms with E-state index in [2.05, 4.69) is 21.2 Å². The van der Waals surface area contributed by atoms with Gasteiger partial charge in [-0.2, -0.15) is 0 Å². The minimum atomic E-state index is 0.0618. The van der Waals surface area contributed by atoms with Gasteiger partial charge in [0.05, 0.1) is 0 Å². The molecule has 0 aliphatic carbocycles. The molecule has 16 heavy (non-hydrogen) atoms. The Morgan fingerprint density at radius 3 is 2.56 bits per heavy atom. The lowest BCUT2D eigenvalue weighted by Gasteiger charge is -2.13. The number of nitrogens with two attached hydrogens (primary N) is 1. The van der Waals surface area contributed by atoms with Crippen LogP contribution in [0.5, 0.6) is 0 Å². The highest BCUT2D eigenvalue weighted by atomic mass is 79.9. The van der Waals surface area contributed by atoms with Crippen molar-refractivity contribution in [1.82, 2.24) is 0 Å². The third-order valence-electron chi connectivity index (χ3n) is 2.62. The summed E-state index contributed by atoms with van der Waals surface area (Å²) in [7, 11) is 0. The molecule has 0 aliphatic rings. The minimum absolute atomic E-state index is 0.0618. The van der Waals surface area contributed by atoms with Crippen LogP contribution in [0.25, 0.3) is 0 Å². The van der Waals surface area contributed by atoms with Crippen LogP contribution in [0.15, 0.2) is 22.7 Å². The maximum atomic E-state index is 11.8. The second-order valence-corrected chi connectivity index (χ2v) is 4.59. The molecule has 0 saturated heterocycles. The number of hydrogen-bond acceptors (Lipinski definition) is 2. The van der Waals surface area contributed by atoms with Gasteiger partial charge in [0.25, 0.3) is 0 Å². The Kier molecular flexibility index (Phi) is 4.80. The van der Waals surface area contributed by atoms with Gasteiger partial charge >= 0.3 is 0 Å². The molecule has 1 aromatic rings. The first kappa shape index (κ1) is 13.0. The van der Waals surface area contributed by atoms with Crippen molar-refractivity contribution < 1.29 is 4.79 Å². The van der Waals surface area contributed by atoms with Crippen LogP contribution in [-0.4, -0.2) is 5.91 Å². The molecule has 0 aliphatic heterocycles. The number of anilines is 2. The van der Waals surface area contributed by atoms with Crippen molar-refractivity contribution in [3.63, 3.8) is 0 Å². The highest BCUT2D eigenvalue weighted by Gasteiger charge is 2.14. The Morgan fingerprint density at radius 1 is 1.44 bits per heavy atom. The summed E-state index contributed by atoms with van der Waals surface area (Å²) in [6, 6.07) is 5.42. The molecule has 0 fully saturated rings. The van der Waals surface area contributed by atoms with Gasteiger partial charge in [-0.15, -0.1) is 0 Å². The lowest BCUT2D eigenvalue weighted by molar-refractivity contribution is -0.120. The molecule has 0 radical (unpaired) electrons. The van der Waals surface area contributed by atoms with Gasteiger partial charge in [0, 0.05) is 21.8 Å². The van der Waals surface area contributed by atoms with Gasteiger partial charge in [-0.25, -0.2) is 0 Å². The van der Waals surface area contributed by atoms with E-state index < -0.39 is 0 Å². The Bertz CT molecular complexity index is 375. The SMILES string of the molecule is CCC(CC)C(=O)Nc1ccc(Br)c(N)c1. The largest absolute Gasteiger partial charge is 0.398 e. The zero-order chi connectivity index (χ0) is 12.1. The fourth-order valence-electron chi connectivity index (χ4n) is 1.53. The van der Waals surface area contributed by atoms with E-state index >= 15 is 0 Å². The number of nitrogens with one attached hydrogen (secondary N) is 1. The van der Waals surface area contributed by atoms with Gasteiger partial charge < -0.3 is 11.1 Å². The van der Waals surface area contributed by atoms with Crippen molar-refractivity contribution in [2.24, 2.45) is 5.92 Å². The molecule has 4 heteroatoms. The summed E-state index contributed by atoms with van der Waals surface area (Å²) in [5.41, 5.74) is 7.11. The van der Waals surface area contributed by atoms with Crippen LogP contribution in [0.4, 0.5) is 11.4 Å². The number of hydrogen-bond donors (Lipinski definition) is 2. The Morgan fingerprint density at radius 2 is 2.06 bits per heavy atom. The quantitative estimate of drug-likeness (QED) is 0.833. The summed E-state index contributed by atoms with van der Waals surface area (Å²) < 4.78 is 0.841. The molecule has 0 heterocycles. The van der Waals surface area contributed by atoms with Gasteiger partial charge in [-0.05, 0) is 47.0 Å². The average Bonchev–Trinajstić information content (AvgIpc) is 2.25. The molecule has 0 aromatic heterocycles. The highest BCUT2D eigenvalue weighted by molar-refractivity contribution is 9.10. The van der Waals surface area contributed by atoms with Crippen LogP contribution >= 0.6 is 15.9 Å². The highest BCUT2D eigenvalue weighted by Crippen LogP contribution is 2.23. The van der Waals surface area contributed by atoms with Crippen molar-refractivity contribution in [2.75, 3.05) is 11.1 Å².